The number of likely N-dealkylation sites (tertiary alicyclic amines) is 1. The van der Waals surface area contributed by atoms with E-state index in [1.807, 2.05) is 25.8 Å². The van der Waals surface area contributed by atoms with E-state index in [4.69, 9.17) is 0 Å². The average Bonchev–Trinajstić information content (AvgIpc) is 2.61. The number of nitrogens with zero attached hydrogens (tertiary/aromatic N) is 1. The highest BCUT2D eigenvalue weighted by Crippen LogP contribution is 2.16. The molecule has 6 nitrogen and oxygen atoms in total. The van der Waals surface area contributed by atoms with Gasteiger partial charge in [0, 0.05) is 30.7 Å². The molecule has 7 heteroatoms. The molecule has 1 saturated heterocycles. The summed E-state index contributed by atoms with van der Waals surface area (Å²) in [6.07, 6.45) is 2.60. The maximum Gasteiger partial charge on any atom is 0.253 e. The van der Waals surface area contributed by atoms with Crippen LogP contribution >= 0.6 is 0 Å². The summed E-state index contributed by atoms with van der Waals surface area (Å²) in [6, 6.07) is 6.53. The van der Waals surface area contributed by atoms with Crippen molar-refractivity contribution >= 4 is 15.9 Å². The molecule has 0 aliphatic carbocycles. The minimum atomic E-state index is -3.53. The summed E-state index contributed by atoms with van der Waals surface area (Å²) >= 11 is 0. The van der Waals surface area contributed by atoms with Crippen LogP contribution in [0.1, 0.15) is 43.5 Å². The standard InChI is InChI=1S/C17H27N3O3S/c1-4-13(2)19-24(22,23)16-7-5-14(6-8-16)17(21)20-11-9-15(18-3)10-12-20/h5-8,13,15,18-19H,4,9-12H2,1-3H3. The van der Waals surface area contributed by atoms with Crippen molar-refractivity contribution < 1.29 is 13.2 Å². The van der Waals surface area contributed by atoms with Crippen molar-refractivity contribution in [3.63, 3.8) is 0 Å². The fraction of sp³-hybridized carbons (Fsp3) is 0.588. The topological polar surface area (TPSA) is 78.5 Å². The minimum absolute atomic E-state index is 0.0385. The van der Waals surface area contributed by atoms with Gasteiger partial charge in [0.1, 0.15) is 0 Å². The van der Waals surface area contributed by atoms with Crippen LogP contribution in [0.25, 0.3) is 0 Å². The highest BCUT2D eigenvalue weighted by atomic mass is 32.2. The van der Waals surface area contributed by atoms with Gasteiger partial charge in [0.05, 0.1) is 4.90 Å². The van der Waals surface area contributed by atoms with Crippen LogP contribution in [0.4, 0.5) is 0 Å². The molecule has 24 heavy (non-hydrogen) atoms. The second-order valence-corrected chi connectivity index (χ2v) is 8.02. The van der Waals surface area contributed by atoms with E-state index in [-0.39, 0.29) is 16.8 Å². The molecule has 134 valence electrons. The van der Waals surface area contributed by atoms with Crippen LogP contribution in [-0.4, -0.2) is 51.4 Å². The fourth-order valence-electron chi connectivity index (χ4n) is 2.75. The third-order valence-electron chi connectivity index (χ3n) is 4.57. The molecular formula is C17H27N3O3S. The van der Waals surface area contributed by atoms with Crippen molar-refractivity contribution in [3.8, 4) is 0 Å². The third kappa shape index (κ3) is 4.55. The summed E-state index contributed by atoms with van der Waals surface area (Å²) in [5.41, 5.74) is 0.528. The molecule has 1 amide bonds. The van der Waals surface area contributed by atoms with Gasteiger partial charge >= 0.3 is 0 Å². The van der Waals surface area contributed by atoms with Crippen LogP contribution in [0.15, 0.2) is 29.2 Å². The first kappa shape index (κ1) is 18.9. The van der Waals surface area contributed by atoms with Crippen LogP contribution in [0.3, 0.4) is 0 Å². The van der Waals surface area contributed by atoms with E-state index >= 15 is 0 Å². The van der Waals surface area contributed by atoms with E-state index < -0.39 is 10.0 Å². The molecule has 1 aromatic rings. The Morgan fingerprint density at radius 3 is 2.33 bits per heavy atom. The minimum Gasteiger partial charge on any atom is -0.339 e. The Morgan fingerprint density at radius 2 is 1.83 bits per heavy atom. The predicted molar refractivity (Wildman–Crippen MR) is 94.5 cm³/mol. The van der Waals surface area contributed by atoms with Crippen LogP contribution in [0.5, 0.6) is 0 Å². The summed E-state index contributed by atoms with van der Waals surface area (Å²) in [5, 5.41) is 3.24. The van der Waals surface area contributed by atoms with Gasteiger partial charge in [0.25, 0.3) is 5.91 Å². The predicted octanol–water partition coefficient (Wildman–Crippen LogP) is 1.59. The van der Waals surface area contributed by atoms with Crippen molar-refractivity contribution in [2.45, 2.75) is 50.1 Å². The van der Waals surface area contributed by atoms with Gasteiger partial charge in [-0.2, -0.15) is 0 Å². The van der Waals surface area contributed by atoms with Gasteiger partial charge in [0.15, 0.2) is 0 Å². The lowest BCUT2D eigenvalue weighted by molar-refractivity contribution is 0.0707. The molecule has 1 heterocycles. The van der Waals surface area contributed by atoms with E-state index in [1.165, 1.54) is 12.1 Å². The number of piperidine rings is 1. The molecular weight excluding hydrogens is 326 g/mol. The van der Waals surface area contributed by atoms with Crippen LogP contribution < -0.4 is 10.0 Å². The Bertz CT molecular complexity index is 650. The number of rotatable bonds is 6. The molecule has 0 bridgehead atoms. The normalized spacial score (nSPS) is 17.7. The van der Waals surface area contributed by atoms with E-state index in [1.54, 1.807) is 12.1 Å². The number of amides is 1. The number of sulfonamides is 1. The van der Waals surface area contributed by atoms with Gasteiger partial charge in [-0.3, -0.25) is 4.79 Å². The van der Waals surface area contributed by atoms with E-state index in [0.717, 1.165) is 32.4 Å². The Hall–Kier alpha value is -1.44. The van der Waals surface area contributed by atoms with Crippen molar-refractivity contribution in [2.75, 3.05) is 20.1 Å². The lowest BCUT2D eigenvalue weighted by Crippen LogP contribution is -2.43. The smallest absolute Gasteiger partial charge is 0.253 e. The number of carbonyl (C=O) groups excluding carboxylic acids is 1. The molecule has 1 aliphatic heterocycles. The van der Waals surface area contributed by atoms with Gasteiger partial charge in [-0.05, 0) is 57.5 Å². The highest BCUT2D eigenvalue weighted by Gasteiger charge is 2.23. The van der Waals surface area contributed by atoms with Crippen LogP contribution in [0.2, 0.25) is 0 Å². The first-order chi connectivity index (χ1) is 11.4. The summed E-state index contributed by atoms with van der Waals surface area (Å²) in [7, 11) is -1.59. The average molecular weight is 353 g/mol. The first-order valence-corrected chi connectivity index (χ1v) is 9.94. The molecule has 0 spiro atoms. The van der Waals surface area contributed by atoms with Gasteiger partial charge in [-0.25, -0.2) is 13.1 Å². The SMILES string of the molecule is CCC(C)NS(=O)(=O)c1ccc(C(=O)N2CCC(NC)CC2)cc1. The second-order valence-electron chi connectivity index (χ2n) is 6.31. The zero-order valence-electron chi connectivity index (χ0n) is 14.6. The number of carbonyl (C=O) groups is 1. The molecule has 1 fully saturated rings. The molecule has 1 aromatic carbocycles. The largest absolute Gasteiger partial charge is 0.339 e. The first-order valence-electron chi connectivity index (χ1n) is 8.46. The Balaban J connectivity index is 2.05. The van der Waals surface area contributed by atoms with Crippen molar-refractivity contribution in [1.82, 2.24) is 14.9 Å². The Labute approximate surface area is 144 Å². The summed E-state index contributed by atoms with van der Waals surface area (Å²) in [6.45, 7) is 5.19. The number of benzene rings is 1. The van der Waals surface area contributed by atoms with E-state index in [9.17, 15) is 13.2 Å². The lowest BCUT2D eigenvalue weighted by atomic mass is 10.0. The molecule has 1 atom stereocenters. The van der Waals surface area contributed by atoms with Crippen LogP contribution in [-0.2, 0) is 10.0 Å². The quantitative estimate of drug-likeness (QED) is 0.814. The summed E-state index contributed by atoms with van der Waals surface area (Å²) < 4.78 is 27.1. The monoisotopic (exact) mass is 353 g/mol. The zero-order chi connectivity index (χ0) is 17.7. The number of hydrogen-bond acceptors (Lipinski definition) is 4. The van der Waals surface area contributed by atoms with Crippen LogP contribution in [0, 0.1) is 0 Å². The molecule has 1 aliphatic rings. The van der Waals surface area contributed by atoms with Crippen molar-refractivity contribution in [2.24, 2.45) is 0 Å². The number of nitrogens with one attached hydrogen (secondary N) is 2. The fourth-order valence-corrected chi connectivity index (χ4v) is 4.07. The summed E-state index contributed by atoms with van der Waals surface area (Å²) in [5.74, 6) is -0.0385. The summed E-state index contributed by atoms with van der Waals surface area (Å²) in [4.78, 5) is 14.5. The van der Waals surface area contributed by atoms with Gasteiger partial charge in [-0.15, -0.1) is 0 Å². The molecule has 0 radical (unpaired) electrons. The number of hydrogen-bond donors (Lipinski definition) is 2. The molecule has 0 saturated carbocycles. The Morgan fingerprint density at radius 1 is 1.25 bits per heavy atom. The third-order valence-corrected chi connectivity index (χ3v) is 6.18. The molecule has 1 unspecified atom stereocenters. The van der Waals surface area contributed by atoms with Gasteiger partial charge in [0.2, 0.25) is 10.0 Å². The van der Waals surface area contributed by atoms with E-state index in [2.05, 4.69) is 10.0 Å². The van der Waals surface area contributed by atoms with Gasteiger partial charge in [-0.1, -0.05) is 6.92 Å². The van der Waals surface area contributed by atoms with E-state index in [0.29, 0.717) is 11.6 Å². The van der Waals surface area contributed by atoms with Gasteiger partial charge < -0.3 is 10.2 Å². The maximum absolute atomic E-state index is 12.5. The molecule has 2 N–H and O–H groups in total. The molecule has 2 rings (SSSR count). The second kappa shape index (κ2) is 8.09. The maximum atomic E-state index is 12.5. The highest BCUT2D eigenvalue weighted by molar-refractivity contribution is 7.89. The Kier molecular flexibility index (Phi) is 6.37. The zero-order valence-corrected chi connectivity index (χ0v) is 15.4. The van der Waals surface area contributed by atoms with Crippen molar-refractivity contribution in [3.05, 3.63) is 29.8 Å². The molecule has 0 aromatic heterocycles. The lowest BCUT2D eigenvalue weighted by Gasteiger charge is -2.31. The van der Waals surface area contributed by atoms with Crippen molar-refractivity contribution in [1.29, 1.82) is 0 Å².